The van der Waals surface area contributed by atoms with E-state index in [2.05, 4.69) is 4.98 Å². The fraction of sp³-hybridized carbons (Fsp3) is 0.360. The SMILES string of the molecule is Cc1ccc(C2CCCN(C(=O)c3sc(-c4ccc(C(F)(F)F)cc4)nc3C)C2)cc1NS(=O)(=O)C(F)(F)F. The van der Waals surface area contributed by atoms with Gasteiger partial charge in [-0.25, -0.2) is 4.98 Å². The predicted octanol–water partition coefficient (Wildman–Crippen LogP) is 6.73. The molecule has 1 unspecified atom stereocenters. The van der Waals surface area contributed by atoms with Gasteiger partial charge in [0.1, 0.15) is 9.88 Å². The smallest absolute Gasteiger partial charge is 0.337 e. The molecule has 0 saturated carbocycles. The van der Waals surface area contributed by atoms with Gasteiger partial charge in [0.05, 0.1) is 16.9 Å². The summed E-state index contributed by atoms with van der Waals surface area (Å²) in [4.78, 5) is 19.7. The molecule has 0 bridgehead atoms. The standard InChI is InChI=1S/C25H23F6N3O3S2/c1-14-5-6-17(12-20(14)33-39(36,37)25(29,30)31)18-4-3-11-34(13-18)23(35)21-15(2)32-22(38-21)16-7-9-19(10-8-16)24(26,27)28/h5-10,12,18,33H,3-4,11,13H2,1-2H3. The highest BCUT2D eigenvalue weighted by Crippen LogP contribution is 2.36. The number of nitrogens with zero attached hydrogens (tertiary/aromatic N) is 2. The Morgan fingerprint density at radius 1 is 1.05 bits per heavy atom. The summed E-state index contributed by atoms with van der Waals surface area (Å²) in [6, 6.07) is 9.08. The average Bonchev–Trinajstić information content (AvgIpc) is 3.25. The number of likely N-dealkylation sites (tertiary alicyclic amines) is 1. The molecule has 1 atom stereocenters. The van der Waals surface area contributed by atoms with Crippen LogP contribution in [0.15, 0.2) is 42.5 Å². The maximum Gasteiger partial charge on any atom is 0.516 e. The molecule has 1 aliphatic rings. The van der Waals surface area contributed by atoms with Crippen LogP contribution in [0, 0.1) is 13.8 Å². The Labute approximate surface area is 224 Å². The van der Waals surface area contributed by atoms with Gasteiger partial charge >= 0.3 is 21.7 Å². The molecule has 2 aromatic carbocycles. The average molecular weight is 592 g/mol. The minimum atomic E-state index is -5.59. The van der Waals surface area contributed by atoms with E-state index in [1.165, 1.54) is 31.2 Å². The van der Waals surface area contributed by atoms with Crippen molar-refractivity contribution in [2.75, 3.05) is 17.8 Å². The van der Waals surface area contributed by atoms with Crippen LogP contribution in [-0.2, 0) is 16.2 Å². The van der Waals surface area contributed by atoms with Crippen LogP contribution in [0.5, 0.6) is 0 Å². The van der Waals surface area contributed by atoms with Crippen LogP contribution in [0.4, 0.5) is 32.0 Å². The van der Waals surface area contributed by atoms with Crippen molar-refractivity contribution in [2.45, 2.75) is 44.3 Å². The van der Waals surface area contributed by atoms with Gasteiger partial charge in [0.15, 0.2) is 0 Å². The first-order valence-electron chi connectivity index (χ1n) is 11.7. The number of alkyl halides is 6. The highest BCUT2D eigenvalue weighted by Gasteiger charge is 2.46. The third-order valence-corrected chi connectivity index (χ3v) is 8.73. The van der Waals surface area contributed by atoms with Crippen LogP contribution in [0.25, 0.3) is 10.6 Å². The number of amides is 1. The summed E-state index contributed by atoms with van der Waals surface area (Å²) >= 11 is 1.07. The van der Waals surface area contributed by atoms with Gasteiger partial charge in [0.2, 0.25) is 0 Å². The Bertz CT molecular complexity index is 1480. The highest BCUT2D eigenvalue weighted by molar-refractivity contribution is 7.93. The minimum Gasteiger partial charge on any atom is -0.337 e. The monoisotopic (exact) mass is 591 g/mol. The van der Waals surface area contributed by atoms with Crippen LogP contribution in [0.2, 0.25) is 0 Å². The summed E-state index contributed by atoms with van der Waals surface area (Å²) in [6.07, 6.45) is -3.22. The number of aryl methyl sites for hydroxylation is 2. The summed E-state index contributed by atoms with van der Waals surface area (Å²) in [5.74, 6) is -0.557. The summed E-state index contributed by atoms with van der Waals surface area (Å²) in [5, 5.41) is 0.401. The summed E-state index contributed by atoms with van der Waals surface area (Å²) in [6.45, 7) is 3.80. The molecule has 14 heteroatoms. The van der Waals surface area contributed by atoms with Gasteiger partial charge < -0.3 is 4.90 Å². The molecule has 1 amide bonds. The van der Waals surface area contributed by atoms with Crippen molar-refractivity contribution in [2.24, 2.45) is 0 Å². The van der Waals surface area contributed by atoms with Crippen LogP contribution < -0.4 is 4.72 Å². The number of halogens is 6. The Balaban J connectivity index is 1.53. The van der Waals surface area contributed by atoms with E-state index >= 15 is 0 Å². The molecule has 1 aromatic heterocycles. The summed E-state index contributed by atoms with van der Waals surface area (Å²) in [5.41, 5.74) is -4.67. The molecule has 210 valence electrons. The lowest BCUT2D eigenvalue weighted by atomic mass is 9.89. The largest absolute Gasteiger partial charge is 0.516 e. The van der Waals surface area contributed by atoms with Gasteiger partial charge in [0.25, 0.3) is 5.91 Å². The number of hydrogen-bond donors (Lipinski definition) is 1. The predicted molar refractivity (Wildman–Crippen MR) is 135 cm³/mol. The maximum atomic E-state index is 13.4. The van der Waals surface area contributed by atoms with Gasteiger partial charge in [-0.15, -0.1) is 11.3 Å². The Morgan fingerprint density at radius 3 is 2.33 bits per heavy atom. The summed E-state index contributed by atoms with van der Waals surface area (Å²) in [7, 11) is -5.59. The number of benzene rings is 2. The number of sulfonamides is 1. The van der Waals surface area contributed by atoms with Crippen molar-refractivity contribution in [3.8, 4) is 10.6 Å². The van der Waals surface area contributed by atoms with Crippen molar-refractivity contribution in [3.63, 3.8) is 0 Å². The lowest BCUT2D eigenvalue weighted by molar-refractivity contribution is -0.137. The quantitative estimate of drug-likeness (QED) is 0.334. The van der Waals surface area contributed by atoms with Crippen LogP contribution >= 0.6 is 11.3 Å². The van der Waals surface area contributed by atoms with Gasteiger partial charge in [-0.05, 0) is 56.0 Å². The number of nitrogens with one attached hydrogen (secondary N) is 1. The van der Waals surface area contributed by atoms with Crippen molar-refractivity contribution in [1.82, 2.24) is 9.88 Å². The third kappa shape index (κ3) is 6.21. The second-order valence-electron chi connectivity index (χ2n) is 9.22. The van der Waals surface area contributed by atoms with E-state index in [1.54, 1.807) is 22.6 Å². The lowest BCUT2D eigenvalue weighted by Gasteiger charge is -2.33. The fourth-order valence-electron chi connectivity index (χ4n) is 4.30. The molecule has 0 aliphatic carbocycles. The zero-order valence-corrected chi connectivity index (χ0v) is 22.3. The van der Waals surface area contributed by atoms with E-state index in [1.807, 2.05) is 0 Å². The number of anilines is 1. The van der Waals surface area contributed by atoms with Gasteiger partial charge in [-0.2, -0.15) is 34.8 Å². The zero-order chi connectivity index (χ0) is 28.8. The van der Waals surface area contributed by atoms with Crippen molar-refractivity contribution >= 4 is 33.0 Å². The van der Waals surface area contributed by atoms with E-state index < -0.39 is 27.3 Å². The molecule has 3 aromatic rings. The number of aromatic nitrogens is 1. The molecule has 1 fully saturated rings. The van der Waals surface area contributed by atoms with E-state index in [0.717, 1.165) is 23.5 Å². The first kappa shape index (κ1) is 28.9. The summed E-state index contributed by atoms with van der Waals surface area (Å²) < 4.78 is 102. The Kier molecular flexibility index (Phi) is 7.74. The van der Waals surface area contributed by atoms with E-state index in [9.17, 15) is 39.6 Å². The second kappa shape index (κ2) is 10.5. The molecule has 1 saturated heterocycles. The van der Waals surface area contributed by atoms with Crippen LogP contribution in [-0.4, -0.2) is 42.8 Å². The topological polar surface area (TPSA) is 79.4 Å². The molecule has 0 spiro atoms. The minimum absolute atomic E-state index is 0.187. The van der Waals surface area contributed by atoms with Crippen molar-refractivity contribution < 1.29 is 39.6 Å². The molecule has 0 radical (unpaired) electrons. The number of carbonyl (C=O) groups is 1. The first-order chi connectivity index (χ1) is 18.1. The third-order valence-electron chi connectivity index (χ3n) is 6.44. The molecule has 2 heterocycles. The van der Waals surface area contributed by atoms with Crippen LogP contribution in [0.3, 0.4) is 0 Å². The molecular weight excluding hydrogens is 568 g/mol. The highest BCUT2D eigenvalue weighted by atomic mass is 32.2. The molecule has 4 rings (SSSR count). The first-order valence-corrected chi connectivity index (χ1v) is 14.0. The lowest BCUT2D eigenvalue weighted by Crippen LogP contribution is -2.39. The number of hydrogen-bond acceptors (Lipinski definition) is 5. The molecule has 6 nitrogen and oxygen atoms in total. The van der Waals surface area contributed by atoms with E-state index in [-0.39, 0.29) is 24.1 Å². The van der Waals surface area contributed by atoms with E-state index in [0.29, 0.717) is 51.7 Å². The molecule has 1 aliphatic heterocycles. The number of rotatable bonds is 5. The van der Waals surface area contributed by atoms with Gasteiger partial charge in [-0.3, -0.25) is 9.52 Å². The molecular formula is C25H23F6N3O3S2. The van der Waals surface area contributed by atoms with Crippen LogP contribution in [0.1, 0.15) is 50.8 Å². The number of carbonyl (C=O) groups excluding carboxylic acids is 1. The Hall–Kier alpha value is -3.13. The normalized spacial score (nSPS) is 16.8. The van der Waals surface area contributed by atoms with Gasteiger partial charge in [0, 0.05) is 24.6 Å². The second-order valence-corrected chi connectivity index (χ2v) is 11.9. The van der Waals surface area contributed by atoms with Gasteiger partial charge in [-0.1, -0.05) is 24.3 Å². The van der Waals surface area contributed by atoms with E-state index in [4.69, 9.17) is 0 Å². The van der Waals surface area contributed by atoms with Crippen molar-refractivity contribution in [1.29, 1.82) is 0 Å². The molecule has 39 heavy (non-hydrogen) atoms. The maximum absolute atomic E-state index is 13.4. The Morgan fingerprint density at radius 2 is 1.72 bits per heavy atom. The zero-order valence-electron chi connectivity index (χ0n) is 20.7. The fourth-order valence-corrected chi connectivity index (χ4v) is 5.97. The number of piperidine rings is 1. The molecule has 1 N–H and O–H groups in total. The van der Waals surface area contributed by atoms with Crippen molar-refractivity contribution in [3.05, 3.63) is 69.7 Å². The number of thiazole rings is 1.